The predicted octanol–water partition coefficient (Wildman–Crippen LogP) is 3.95. The molecule has 9 heteroatoms. The number of hydrogen-bond acceptors (Lipinski definition) is 7. The van der Waals surface area contributed by atoms with E-state index in [0.29, 0.717) is 60.3 Å². The van der Waals surface area contributed by atoms with E-state index in [4.69, 9.17) is 14.2 Å². The summed E-state index contributed by atoms with van der Waals surface area (Å²) in [5.41, 5.74) is 1.45. The van der Waals surface area contributed by atoms with Gasteiger partial charge in [-0.3, -0.25) is 14.2 Å². The Morgan fingerprint density at radius 1 is 1.14 bits per heavy atom. The average molecular weight is 498 g/mol. The maximum atomic E-state index is 13.1. The van der Waals surface area contributed by atoms with Crippen molar-refractivity contribution in [3.05, 3.63) is 58.4 Å². The lowest BCUT2D eigenvalue weighted by Gasteiger charge is -2.21. The highest BCUT2D eigenvalue weighted by Crippen LogP contribution is 2.32. The fourth-order valence-electron chi connectivity index (χ4n) is 3.82. The second-order valence-corrected chi connectivity index (χ2v) is 9.56. The van der Waals surface area contributed by atoms with E-state index < -0.39 is 0 Å². The maximum Gasteiger partial charge on any atom is 0.262 e. The second-order valence-electron chi connectivity index (χ2n) is 8.62. The number of aromatic nitrogens is 2. The average Bonchev–Trinajstić information content (AvgIpc) is 2.86. The summed E-state index contributed by atoms with van der Waals surface area (Å²) in [6.07, 6.45) is 0.814. The van der Waals surface area contributed by atoms with Crippen molar-refractivity contribution in [1.82, 2.24) is 14.9 Å². The van der Waals surface area contributed by atoms with Crippen LogP contribution in [-0.2, 0) is 16.1 Å². The van der Waals surface area contributed by atoms with Gasteiger partial charge in [0.15, 0.2) is 16.7 Å². The van der Waals surface area contributed by atoms with Crippen LogP contribution >= 0.6 is 11.8 Å². The molecule has 0 aliphatic carbocycles. The number of thioether (sulfide) groups is 1. The highest BCUT2D eigenvalue weighted by atomic mass is 32.2. The summed E-state index contributed by atoms with van der Waals surface area (Å²) >= 11 is 1.26. The molecule has 8 nitrogen and oxygen atoms in total. The molecular weight excluding hydrogens is 466 g/mol. The highest BCUT2D eigenvalue weighted by Gasteiger charge is 2.17. The summed E-state index contributed by atoms with van der Waals surface area (Å²) in [5.74, 6) is 1.40. The highest BCUT2D eigenvalue weighted by molar-refractivity contribution is 7.99. The topological polar surface area (TPSA) is 91.7 Å². The van der Waals surface area contributed by atoms with E-state index in [1.54, 1.807) is 10.6 Å². The van der Waals surface area contributed by atoms with Crippen LogP contribution < -0.4 is 20.3 Å². The first-order chi connectivity index (χ1) is 16.9. The van der Waals surface area contributed by atoms with E-state index in [9.17, 15) is 9.59 Å². The molecule has 0 bridgehead atoms. The number of ether oxygens (including phenoxy) is 3. The fourth-order valence-corrected chi connectivity index (χ4v) is 4.66. The lowest BCUT2D eigenvalue weighted by Crippen LogP contribution is -2.29. The number of para-hydroxylation sites is 1. The Morgan fingerprint density at radius 2 is 1.91 bits per heavy atom. The molecule has 0 saturated heterocycles. The van der Waals surface area contributed by atoms with Crippen molar-refractivity contribution in [2.75, 3.05) is 25.6 Å². The van der Waals surface area contributed by atoms with Gasteiger partial charge in [-0.2, -0.15) is 0 Å². The summed E-state index contributed by atoms with van der Waals surface area (Å²) in [4.78, 5) is 30.6. The molecule has 1 atom stereocenters. The van der Waals surface area contributed by atoms with Crippen molar-refractivity contribution in [2.45, 2.75) is 51.0 Å². The quantitative estimate of drug-likeness (QED) is 0.258. The zero-order valence-electron chi connectivity index (χ0n) is 20.3. The summed E-state index contributed by atoms with van der Waals surface area (Å²) in [6.45, 7) is 7.96. The van der Waals surface area contributed by atoms with Crippen LogP contribution in [0.1, 0.15) is 38.8 Å². The maximum absolute atomic E-state index is 13.1. The van der Waals surface area contributed by atoms with Crippen molar-refractivity contribution in [2.24, 2.45) is 0 Å². The number of benzene rings is 2. The van der Waals surface area contributed by atoms with Gasteiger partial charge in [0.05, 0.1) is 28.8 Å². The Balaban J connectivity index is 1.44. The minimum Gasteiger partial charge on any atom is -0.486 e. The van der Waals surface area contributed by atoms with E-state index in [2.05, 4.69) is 10.3 Å². The molecule has 1 aliphatic rings. The third kappa shape index (κ3) is 6.35. The summed E-state index contributed by atoms with van der Waals surface area (Å²) in [7, 11) is 0. The van der Waals surface area contributed by atoms with Gasteiger partial charge in [-0.15, -0.1) is 0 Å². The first-order valence-corrected chi connectivity index (χ1v) is 12.8. The van der Waals surface area contributed by atoms with Crippen molar-refractivity contribution >= 4 is 28.6 Å². The predicted molar refractivity (Wildman–Crippen MR) is 136 cm³/mol. The van der Waals surface area contributed by atoms with Crippen molar-refractivity contribution in [3.8, 4) is 11.5 Å². The van der Waals surface area contributed by atoms with Crippen LogP contribution in [0.25, 0.3) is 10.9 Å². The van der Waals surface area contributed by atoms with Crippen molar-refractivity contribution in [1.29, 1.82) is 0 Å². The summed E-state index contributed by atoms with van der Waals surface area (Å²) < 4.78 is 18.5. The normalized spacial score (nSPS) is 13.7. The number of fused-ring (bicyclic) bond motifs is 2. The molecule has 0 fully saturated rings. The van der Waals surface area contributed by atoms with E-state index in [1.165, 1.54) is 11.8 Å². The van der Waals surface area contributed by atoms with Crippen LogP contribution in [0.2, 0.25) is 0 Å². The molecule has 0 saturated carbocycles. The monoisotopic (exact) mass is 497 g/mol. The number of amides is 1. The SMILES string of the molecule is CC(C)OCCCn1c(SCC(=O)NC(C)c2ccc3c(c2)OCCO3)nc2ccccc2c1=O. The van der Waals surface area contributed by atoms with Crippen LogP contribution in [0.4, 0.5) is 0 Å². The number of rotatable bonds is 10. The van der Waals surface area contributed by atoms with Crippen LogP contribution in [0.15, 0.2) is 52.4 Å². The number of carbonyl (C=O) groups is 1. The van der Waals surface area contributed by atoms with Gasteiger partial charge in [0.2, 0.25) is 5.91 Å². The molecule has 0 spiro atoms. The van der Waals surface area contributed by atoms with Gasteiger partial charge in [0.25, 0.3) is 5.56 Å². The van der Waals surface area contributed by atoms with Crippen molar-refractivity contribution < 1.29 is 19.0 Å². The third-order valence-corrected chi connectivity index (χ3v) is 6.56. The van der Waals surface area contributed by atoms with Crippen molar-refractivity contribution in [3.63, 3.8) is 0 Å². The molecule has 2 aromatic carbocycles. The number of nitrogens with one attached hydrogen (secondary N) is 1. The molecule has 0 radical (unpaired) electrons. The molecule has 1 amide bonds. The first kappa shape index (κ1) is 25.1. The first-order valence-electron chi connectivity index (χ1n) is 11.9. The number of hydrogen-bond donors (Lipinski definition) is 1. The fraction of sp³-hybridized carbons (Fsp3) is 0.423. The standard InChI is InChI=1S/C26H31N3O5S/c1-17(2)32-12-6-11-29-25(31)20-7-4-5-8-21(20)28-26(29)35-16-24(30)27-18(3)19-9-10-22-23(15-19)34-14-13-33-22/h4-5,7-10,15,17-18H,6,11-14,16H2,1-3H3,(H,27,30). The largest absolute Gasteiger partial charge is 0.486 e. The molecule has 1 aliphatic heterocycles. The molecule has 186 valence electrons. The van der Waals surface area contributed by atoms with Gasteiger partial charge in [-0.25, -0.2) is 4.98 Å². The Bertz CT molecular complexity index is 1240. The van der Waals surface area contributed by atoms with E-state index in [0.717, 1.165) is 5.56 Å². The van der Waals surface area contributed by atoms with Crippen LogP contribution in [-0.4, -0.2) is 47.1 Å². The van der Waals surface area contributed by atoms with Crippen LogP contribution in [0.3, 0.4) is 0 Å². The molecule has 2 heterocycles. The molecule has 4 rings (SSSR count). The minimum atomic E-state index is -0.209. The Morgan fingerprint density at radius 3 is 2.71 bits per heavy atom. The second kappa shape index (κ2) is 11.6. The number of nitrogens with zero attached hydrogens (tertiary/aromatic N) is 2. The van der Waals surface area contributed by atoms with Crippen LogP contribution in [0, 0.1) is 0 Å². The van der Waals surface area contributed by atoms with Gasteiger partial charge in [0.1, 0.15) is 13.2 Å². The van der Waals surface area contributed by atoms with Gasteiger partial charge < -0.3 is 19.5 Å². The molecule has 3 aromatic rings. The minimum absolute atomic E-state index is 0.104. The molecular formula is C26H31N3O5S. The third-order valence-electron chi connectivity index (χ3n) is 5.58. The summed E-state index contributed by atoms with van der Waals surface area (Å²) in [5, 5.41) is 4.11. The smallest absolute Gasteiger partial charge is 0.262 e. The van der Waals surface area contributed by atoms with Gasteiger partial charge in [-0.05, 0) is 57.0 Å². The number of carbonyl (C=O) groups excluding carboxylic acids is 1. The van der Waals surface area contributed by atoms with E-state index in [1.807, 2.05) is 57.2 Å². The van der Waals surface area contributed by atoms with Crippen LogP contribution in [0.5, 0.6) is 11.5 Å². The summed E-state index contributed by atoms with van der Waals surface area (Å²) in [6, 6.07) is 12.8. The molecule has 1 aromatic heterocycles. The molecule has 1 N–H and O–H groups in total. The van der Waals surface area contributed by atoms with Gasteiger partial charge in [-0.1, -0.05) is 30.0 Å². The van der Waals surface area contributed by atoms with E-state index >= 15 is 0 Å². The Labute approximate surface area is 209 Å². The zero-order chi connectivity index (χ0) is 24.8. The molecule has 35 heavy (non-hydrogen) atoms. The van der Waals surface area contributed by atoms with Gasteiger partial charge in [0, 0.05) is 13.2 Å². The van der Waals surface area contributed by atoms with Gasteiger partial charge >= 0.3 is 0 Å². The lowest BCUT2D eigenvalue weighted by atomic mass is 10.1. The van der Waals surface area contributed by atoms with E-state index in [-0.39, 0.29) is 29.4 Å². The molecule has 1 unspecified atom stereocenters. The lowest BCUT2D eigenvalue weighted by molar-refractivity contribution is -0.119. The Kier molecular flexibility index (Phi) is 8.30. The zero-order valence-corrected chi connectivity index (χ0v) is 21.1. The Hall–Kier alpha value is -3.04.